The number of imidazole rings is 1. The zero-order valence-electron chi connectivity index (χ0n) is 22.9. The van der Waals surface area contributed by atoms with Gasteiger partial charge in [-0.25, -0.2) is 4.98 Å². The number of nitrogens with one attached hydrogen (secondary N) is 1. The number of nitrogens with two attached hydrogens (primary N) is 2. The summed E-state index contributed by atoms with van der Waals surface area (Å²) in [5, 5.41) is 9.90. The third-order valence-corrected chi connectivity index (χ3v) is 7.53. The van der Waals surface area contributed by atoms with Crippen molar-refractivity contribution in [3.8, 4) is 0 Å². The van der Waals surface area contributed by atoms with Crippen LogP contribution in [0.15, 0.2) is 84.9 Å². The molecule has 5 rings (SSSR count). The lowest BCUT2D eigenvalue weighted by molar-refractivity contribution is -0.118. The Morgan fingerprint density at radius 2 is 1.73 bits per heavy atom. The van der Waals surface area contributed by atoms with Gasteiger partial charge in [-0.15, -0.1) is 0 Å². The molecular weight excluding hydrogens is 496 g/mol. The second-order valence-corrected chi connectivity index (χ2v) is 10.2. The molecule has 4 aromatic carbocycles. The van der Waals surface area contributed by atoms with Crippen molar-refractivity contribution in [1.29, 1.82) is 5.41 Å². The number of amides is 1. The van der Waals surface area contributed by atoms with Gasteiger partial charge in [-0.05, 0) is 65.9 Å². The summed E-state index contributed by atoms with van der Waals surface area (Å²) >= 11 is 0. The highest BCUT2D eigenvalue weighted by atomic mass is 16.2. The number of aryl methyl sites for hydroxylation is 3. The zero-order valence-corrected chi connectivity index (χ0v) is 22.9. The highest BCUT2D eigenvalue weighted by Gasteiger charge is 2.19. The number of carbonyl (C=O) groups is 1. The number of hydrogen-bond acceptors (Lipinski definition) is 4. The predicted octanol–water partition coefficient (Wildman–Crippen LogP) is 5.46. The molecule has 0 bridgehead atoms. The number of carbonyl (C=O) groups excluding carboxylic acids is 1. The number of nitrogen functional groups attached to an aromatic ring is 1. The first-order valence-corrected chi connectivity index (χ1v) is 13.8. The summed E-state index contributed by atoms with van der Waals surface area (Å²) in [5.41, 5.74) is 17.0. The first kappa shape index (κ1) is 27.1. The van der Waals surface area contributed by atoms with Crippen molar-refractivity contribution in [3.05, 3.63) is 107 Å². The molecule has 7 heteroatoms. The van der Waals surface area contributed by atoms with E-state index in [0.29, 0.717) is 19.5 Å². The fraction of sp³-hybridized carbons (Fsp3) is 0.242. The molecule has 204 valence electrons. The van der Waals surface area contributed by atoms with Gasteiger partial charge in [0, 0.05) is 31.1 Å². The van der Waals surface area contributed by atoms with Crippen molar-refractivity contribution in [2.75, 3.05) is 11.4 Å². The molecule has 0 atom stereocenters. The molecule has 5 aromatic rings. The Morgan fingerprint density at radius 1 is 0.950 bits per heavy atom. The molecular formula is C33H36N6O. The van der Waals surface area contributed by atoms with Crippen LogP contribution in [-0.2, 0) is 31.2 Å². The Bertz CT molecular complexity index is 1650. The minimum Gasteiger partial charge on any atom is -0.384 e. The number of fused-ring (bicyclic) bond motifs is 2. The molecule has 1 amide bonds. The number of aromatic nitrogens is 2. The number of anilines is 1. The topological polar surface area (TPSA) is 114 Å². The number of hydrogen-bond donors (Lipinski definition) is 3. The summed E-state index contributed by atoms with van der Waals surface area (Å²) in [6.45, 7) is 1.07. The van der Waals surface area contributed by atoms with Gasteiger partial charge >= 0.3 is 0 Å². The maximum absolute atomic E-state index is 13.5. The van der Waals surface area contributed by atoms with E-state index in [1.54, 1.807) is 0 Å². The Hall–Kier alpha value is -4.49. The summed E-state index contributed by atoms with van der Waals surface area (Å²) in [7, 11) is 2.04. The van der Waals surface area contributed by atoms with Crippen LogP contribution < -0.4 is 16.4 Å². The summed E-state index contributed by atoms with van der Waals surface area (Å²) < 4.78 is 2.13. The van der Waals surface area contributed by atoms with Crippen molar-refractivity contribution >= 4 is 39.2 Å². The van der Waals surface area contributed by atoms with Gasteiger partial charge in [-0.2, -0.15) is 0 Å². The minimum absolute atomic E-state index is 0.0741. The smallest absolute Gasteiger partial charge is 0.227 e. The van der Waals surface area contributed by atoms with Crippen LogP contribution in [0.1, 0.15) is 41.8 Å². The standard InChI is InChI=1S/C33H36N6O/c1-38-30-18-17-27(21-29(30)37-31(38)19-14-23-12-15-25(16-13-23)33(35)36)39(32(40)11-4-5-20-34)22-26-9-6-8-24-7-2-3-10-28(24)26/h2-3,6-10,12-13,15-18,21H,4-5,11,14,19-20,22,34H2,1H3,(H3,35,36). The number of unbranched alkanes of at least 4 members (excludes halogenated alkanes) is 1. The third-order valence-electron chi connectivity index (χ3n) is 7.53. The number of benzene rings is 4. The average Bonchev–Trinajstić information content (AvgIpc) is 3.29. The van der Waals surface area contributed by atoms with Crippen molar-refractivity contribution in [2.24, 2.45) is 18.5 Å². The highest BCUT2D eigenvalue weighted by molar-refractivity contribution is 5.96. The van der Waals surface area contributed by atoms with Gasteiger partial charge < -0.3 is 20.9 Å². The van der Waals surface area contributed by atoms with E-state index in [1.165, 1.54) is 5.56 Å². The second kappa shape index (κ2) is 12.1. The first-order chi connectivity index (χ1) is 19.4. The maximum Gasteiger partial charge on any atom is 0.227 e. The largest absolute Gasteiger partial charge is 0.384 e. The van der Waals surface area contributed by atoms with Gasteiger partial charge in [0.2, 0.25) is 5.91 Å². The fourth-order valence-corrected chi connectivity index (χ4v) is 5.22. The van der Waals surface area contributed by atoms with Gasteiger partial charge in [0.25, 0.3) is 0 Å². The third kappa shape index (κ3) is 5.90. The molecule has 7 nitrogen and oxygen atoms in total. The van der Waals surface area contributed by atoms with Crippen LogP contribution in [0.3, 0.4) is 0 Å². The van der Waals surface area contributed by atoms with E-state index in [9.17, 15) is 4.79 Å². The normalized spacial score (nSPS) is 11.2. The van der Waals surface area contributed by atoms with Gasteiger partial charge in [0.15, 0.2) is 0 Å². The van der Waals surface area contributed by atoms with Gasteiger partial charge in [0.05, 0.1) is 17.6 Å². The molecule has 0 saturated heterocycles. The van der Waals surface area contributed by atoms with Crippen molar-refractivity contribution < 1.29 is 4.79 Å². The Balaban J connectivity index is 1.42. The van der Waals surface area contributed by atoms with E-state index >= 15 is 0 Å². The molecule has 0 saturated carbocycles. The SMILES string of the molecule is Cn1c(CCc2ccc(C(=N)N)cc2)nc2cc(N(Cc3cccc4ccccc34)C(=O)CCCCN)ccc21. The van der Waals surface area contributed by atoms with E-state index < -0.39 is 0 Å². The Kier molecular flexibility index (Phi) is 8.22. The molecule has 0 aliphatic heterocycles. The van der Waals surface area contributed by atoms with Crippen LogP contribution in [0.2, 0.25) is 0 Å². The van der Waals surface area contributed by atoms with E-state index in [0.717, 1.165) is 70.1 Å². The Labute approximate surface area is 234 Å². The lowest BCUT2D eigenvalue weighted by atomic mass is 10.0. The molecule has 1 aromatic heterocycles. The quantitative estimate of drug-likeness (QED) is 0.119. The van der Waals surface area contributed by atoms with E-state index in [-0.39, 0.29) is 11.7 Å². The van der Waals surface area contributed by atoms with E-state index in [1.807, 2.05) is 60.5 Å². The Morgan fingerprint density at radius 3 is 2.50 bits per heavy atom. The average molecular weight is 533 g/mol. The van der Waals surface area contributed by atoms with Crippen LogP contribution in [0.4, 0.5) is 5.69 Å². The van der Waals surface area contributed by atoms with Crippen LogP contribution in [0, 0.1) is 5.41 Å². The molecule has 0 spiro atoms. The van der Waals surface area contributed by atoms with Crippen molar-refractivity contribution in [2.45, 2.75) is 38.6 Å². The van der Waals surface area contributed by atoms with E-state index in [4.69, 9.17) is 21.9 Å². The van der Waals surface area contributed by atoms with E-state index in [2.05, 4.69) is 41.0 Å². The molecule has 5 N–H and O–H groups in total. The predicted molar refractivity (Wildman–Crippen MR) is 164 cm³/mol. The summed E-state index contributed by atoms with van der Waals surface area (Å²) in [6.07, 6.45) is 3.65. The van der Waals surface area contributed by atoms with Crippen LogP contribution in [0.5, 0.6) is 0 Å². The van der Waals surface area contributed by atoms with Crippen LogP contribution in [-0.4, -0.2) is 27.8 Å². The summed E-state index contributed by atoms with van der Waals surface area (Å²) in [5.74, 6) is 1.15. The number of rotatable bonds is 11. The highest BCUT2D eigenvalue weighted by Crippen LogP contribution is 2.28. The molecule has 40 heavy (non-hydrogen) atoms. The molecule has 0 radical (unpaired) electrons. The molecule has 0 fully saturated rings. The lowest BCUT2D eigenvalue weighted by Crippen LogP contribution is -2.30. The van der Waals surface area contributed by atoms with Gasteiger partial charge in [-0.1, -0.05) is 66.7 Å². The van der Waals surface area contributed by atoms with Crippen LogP contribution >= 0.6 is 0 Å². The summed E-state index contributed by atoms with van der Waals surface area (Å²) in [6, 6.07) is 28.5. The number of nitrogens with zero attached hydrogens (tertiary/aromatic N) is 3. The maximum atomic E-state index is 13.5. The monoisotopic (exact) mass is 532 g/mol. The first-order valence-electron chi connectivity index (χ1n) is 13.8. The summed E-state index contributed by atoms with van der Waals surface area (Å²) in [4.78, 5) is 20.4. The lowest BCUT2D eigenvalue weighted by Gasteiger charge is -2.24. The van der Waals surface area contributed by atoms with Gasteiger partial charge in [0.1, 0.15) is 11.7 Å². The fourth-order valence-electron chi connectivity index (χ4n) is 5.22. The molecule has 0 aliphatic carbocycles. The zero-order chi connectivity index (χ0) is 28.1. The van der Waals surface area contributed by atoms with Crippen LogP contribution in [0.25, 0.3) is 21.8 Å². The molecule has 1 heterocycles. The number of amidine groups is 1. The van der Waals surface area contributed by atoms with Gasteiger partial charge in [-0.3, -0.25) is 10.2 Å². The second-order valence-electron chi connectivity index (χ2n) is 10.2. The van der Waals surface area contributed by atoms with Crippen molar-refractivity contribution in [1.82, 2.24) is 9.55 Å². The molecule has 0 unspecified atom stereocenters. The molecule has 0 aliphatic rings. The van der Waals surface area contributed by atoms with Crippen molar-refractivity contribution in [3.63, 3.8) is 0 Å². The minimum atomic E-state index is 0.0741.